The summed E-state index contributed by atoms with van der Waals surface area (Å²) < 4.78 is 41.7. The molecule has 98 valence electrons. The van der Waals surface area contributed by atoms with E-state index in [0.717, 1.165) is 7.11 Å². The number of nitro benzene ring substituents is 1. The maximum atomic E-state index is 12.5. The Morgan fingerprint density at radius 1 is 1.44 bits per heavy atom. The molecule has 0 unspecified atom stereocenters. The van der Waals surface area contributed by atoms with Crippen LogP contribution < -0.4 is 5.73 Å². The highest BCUT2D eigenvalue weighted by atomic mass is 19.4. The van der Waals surface area contributed by atoms with E-state index in [9.17, 15) is 28.1 Å². The van der Waals surface area contributed by atoms with Gasteiger partial charge in [-0.1, -0.05) is 0 Å². The SMILES string of the molecule is COC(=O)c1cc(C(F)(F)F)cc([N+](=O)[O-])c1N. The van der Waals surface area contributed by atoms with Crippen molar-refractivity contribution in [3.05, 3.63) is 33.4 Å². The first-order chi connectivity index (χ1) is 8.18. The number of halogens is 3. The lowest BCUT2D eigenvalue weighted by Gasteiger charge is -2.10. The van der Waals surface area contributed by atoms with E-state index in [1.54, 1.807) is 0 Å². The summed E-state index contributed by atoms with van der Waals surface area (Å²) >= 11 is 0. The molecule has 0 heterocycles. The van der Waals surface area contributed by atoms with E-state index in [1.807, 2.05) is 0 Å². The maximum Gasteiger partial charge on any atom is 0.416 e. The summed E-state index contributed by atoms with van der Waals surface area (Å²) in [5, 5.41) is 10.6. The lowest BCUT2D eigenvalue weighted by molar-refractivity contribution is -0.384. The molecule has 18 heavy (non-hydrogen) atoms. The quantitative estimate of drug-likeness (QED) is 0.381. The number of carbonyl (C=O) groups is 1. The molecule has 0 aliphatic heterocycles. The molecule has 1 aromatic rings. The highest BCUT2D eigenvalue weighted by Gasteiger charge is 2.35. The van der Waals surface area contributed by atoms with Crippen molar-refractivity contribution in [1.82, 2.24) is 0 Å². The third-order valence-corrected chi connectivity index (χ3v) is 2.09. The van der Waals surface area contributed by atoms with Gasteiger partial charge in [0.05, 0.1) is 23.2 Å². The van der Waals surface area contributed by atoms with Gasteiger partial charge in [0.15, 0.2) is 0 Å². The van der Waals surface area contributed by atoms with Crippen molar-refractivity contribution in [2.45, 2.75) is 6.18 Å². The molecular formula is C9H7F3N2O4. The van der Waals surface area contributed by atoms with E-state index in [-0.39, 0.29) is 6.07 Å². The summed E-state index contributed by atoms with van der Waals surface area (Å²) in [6.45, 7) is 0. The van der Waals surface area contributed by atoms with Crippen LogP contribution in [-0.2, 0) is 10.9 Å². The van der Waals surface area contributed by atoms with Crippen molar-refractivity contribution in [1.29, 1.82) is 0 Å². The number of nitrogen functional groups attached to an aromatic ring is 1. The summed E-state index contributed by atoms with van der Waals surface area (Å²) in [5.74, 6) is -1.18. The Labute approximate surface area is 98.3 Å². The van der Waals surface area contributed by atoms with Crippen LogP contribution >= 0.6 is 0 Å². The predicted octanol–water partition coefficient (Wildman–Crippen LogP) is 1.98. The molecule has 9 heteroatoms. The maximum absolute atomic E-state index is 12.5. The molecule has 0 fully saturated rings. The van der Waals surface area contributed by atoms with Crippen molar-refractivity contribution in [3.63, 3.8) is 0 Å². The smallest absolute Gasteiger partial charge is 0.416 e. The number of hydrogen-bond acceptors (Lipinski definition) is 5. The van der Waals surface area contributed by atoms with Gasteiger partial charge in [-0.2, -0.15) is 13.2 Å². The molecule has 0 bridgehead atoms. The standard InChI is InChI=1S/C9H7F3N2O4/c1-18-8(15)5-2-4(9(10,11)12)3-6(7(5)13)14(16)17/h2-3H,13H2,1H3. The third-order valence-electron chi connectivity index (χ3n) is 2.09. The van der Waals surface area contributed by atoms with E-state index in [4.69, 9.17) is 5.73 Å². The first-order valence-electron chi connectivity index (χ1n) is 4.42. The van der Waals surface area contributed by atoms with E-state index in [2.05, 4.69) is 4.74 Å². The summed E-state index contributed by atoms with van der Waals surface area (Å²) in [7, 11) is 0.924. The zero-order chi connectivity index (χ0) is 14.1. The Hall–Kier alpha value is -2.32. The molecule has 0 radical (unpaired) electrons. The van der Waals surface area contributed by atoms with Gasteiger partial charge in [0, 0.05) is 6.07 Å². The average molecular weight is 264 g/mol. The number of hydrogen-bond donors (Lipinski definition) is 1. The van der Waals surface area contributed by atoms with Crippen LogP contribution in [0.2, 0.25) is 0 Å². The van der Waals surface area contributed by atoms with Crippen molar-refractivity contribution >= 4 is 17.3 Å². The average Bonchev–Trinajstić information content (AvgIpc) is 2.26. The molecule has 6 nitrogen and oxygen atoms in total. The van der Waals surface area contributed by atoms with Gasteiger partial charge in [-0.05, 0) is 6.07 Å². The number of nitrogens with two attached hydrogens (primary N) is 1. The second-order valence-electron chi connectivity index (χ2n) is 3.20. The molecule has 0 saturated heterocycles. The van der Waals surface area contributed by atoms with Crippen LogP contribution in [0.15, 0.2) is 12.1 Å². The topological polar surface area (TPSA) is 95.5 Å². The Kier molecular flexibility index (Phi) is 3.44. The second-order valence-corrected chi connectivity index (χ2v) is 3.20. The minimum atomic E-state index is -4.83. The van der Waals surface area contributed by atoms with Gasteiger partial charge in [-0.25, -0.2) is 4.79 Å². The predicted molar refractivity (Wildman–Crippen MR) is 53.9 cm³/mol. The number of anilines is 1. The van der Waals surface area contributed by atoms with Gasteiger partial charge in [0.25, 0.3) is 5.69 Å². The monoisotopic (exact) mass is 264 g/mol. The lowest BCUT2D eigenvalue weighted by Crippen LogP contribution is -2.13. The number of carbonyl (C=O) groups excluding carboxylic acids is 1. The fraction of sp³-hybridized carbons (Fsp3) is 0.222. The molecule has 0 aromatic heterocycles. The van der Waals surface area contributed by atoms with Crippen LogP contribution in [-0.4, -0.2) is 18.0 Å². The number of ether oxygens (including phenoxy) is 1. The number of alkyl halides is 3. The van der Waals surface area contributed by atoms with E-state index in [1.165, 1.54) is 0 Å². The molecule has 0 saturated carbocycles. The minimum absolute atomic E-state index is 0.266. The highest BCUT2D eigenvalue weighted by molar-refractivity contribution is 5.97. The normalized spacial score (nSPS) is 11.1. The van der Waals surface area contributed by atoms with Crippen molar-refractivity contribution in [2.24, 2.45) is 0 Å². The van der Waals surface area contributed by atoms with Gasteiger partial charge < -0.3 is 10.5 Å². The first kappa shape index (κ1) is 13.7. The van der Waals surface area contributed by atoms with E-state index >= 15 is 0 Å². The molecular weight excluding hydrogens is 257 g/mol. The Morgan fingerprint density at radius 2 is 2.00 bits per heavy atom. The molecule has 0 atom stereocenters. The number of esters is 1. The molecule has 0 spiro atoms. The number of benzene rings is 1. The first-order valence-corrected chi connectivity index (χ1v) is 4.42. The zero-order valence-corrected chi connectivity index (χ0v) is 8.95. The highest BCUT2D eigenvalue weighted by Crippen LogP contribution is 2.36. The molecule has 2 N–H and O–H groups in total. The summed E-state index contributed by atoms with van der Waals surface area (Å²) in [5.41, 5.74) is 1.56. The van der Waals surface area contributed by atoms with E-state index in [0.29, 0.717) is 6.07 Å². The van der Waals surface area contributed by atoms with Gasteiger partial charge in [-0.15, -0.1) is 0 Å². The summed E-state index contributed by atoms with van der Waals surface area (Å²) in [6, 6.07) is 0.677. The van der Waals surface area contributed by atoms with Crippen LogP contribution in [0.1, 0.15) is 15.9 Å². The molecule has 0 amide bonds. The molecule has 0 aliphatic carbocycles. The third kappa shape index (κ3) is 2.50. The number of methoxy groups -OCH3 is 1. The summed E-state index contributed by atoms with van der Waals surface area (Å²) in [4.78, 5) is 20.7. The van der Waals surface area contributed by atoms with Crippen molar-refractivity contribution in [3.8, 4) is 0 Å². The Morgan fingerprint density at radius 3 is 2.39 bits per heavy atom. The molecule has 1 rings (SSSR count). The second kappa shape index (κ2) is 4.51. The summed E-state index contributed by atoms with van der Waals surface area (Å²) in [6.07, 6.45) is -4.83. The molecule has 0 aliphatic rings. The number of nitrogens with zero attached hydrogens (tertiary/aromatic N) is 1. The lowest BCUT2D eigenvalue weighted by atomic mass is 10.1. The van der Waals surface area contributed by atoms with Gasteiger partial charge in [0.1, 0.15) is 5.69 Å². The van der Waals surface area contributed by atoms with Gasteiger partial charge in [-0.3, -0.25) is 10.1 Å². The van der Waals surface area contributed by atoms with Crippen LogP contribution in [0.4, 0.5) is 24.5 Å². The van der Waals surface area contributed by atoms with Crippen molar-refractivity contribution < 1.29 is 27.6 Å². The van der Waals surface area contributed by atoms with Crippen LogP contribution in [0.5, 0.6) is 0 Å². The van der Waals surface area contributed by atoms with Crippen LogP contribution in [0.25, 0.3) is 0 Å². The molecule has 1 aromatic carbocycles. The number of rotatable bonds is 2. The van der Waals surface area contributed by atoms with Gasteiger partial charge >= 0.3 is 12.1 Å². The van der Waals surface area contributed by atoms with Gasteiger partial charge in [0.2, 0.25) is 0 Å². The van der Waals surface area contributed by atoms with E-state index < -0.39 is 39.6 Å². The Balaban J connectivity index is 3.57. The fourth-order valence-corrected chi connectivity index (χ4v) is 1.23. The van der Waals surface area contributed by atoms with Crippen LogP contribution in [0.3, 0.4) is 0 Å². The zero-order valence-electron chi connectivity index (χ0n) is 8.95. The van der Waals surface area contributed by atoms with Crippen molar-refractivity contribution in [2.75, 3.05) is 12.8 Å². The fourth-order valence-electron chi connectivity index (χ4n) is 1.23. The minimum Gasteiger partial charge on any atom is -0.465 e. The van der Waals surface area contributed by atoms with Crippen LogP contribution in [0, 0.1) is 10.1 Å². The Bertz CT molecular complexity index is 513. The number of nitro groups is 1. The largest absolute Gasteiger partial charge is 0.465 e.